The molecule has 6 nitrogen and oxygen atoms in total. The van der Waals surface area contributed by atoms with Crippen molar-refractivity contribution >= 4 is 17.3 Å². The van der Waals surface area contributed by atoms with Gasteiger partial charge in [0.1, 0.15) is 0 Å². The molecule has 0 aromatic heterocycles. The first-order valence-corrected chi connectivity index (χ1v) is 7.31. The predicted molar refractivity (Wildman–Crippen MR) is 79.8 cm³/mol. The number of rotatable bonds is 3. The Morgan fingerprint density at radius 2 is 2.00 bits per heavy atom. The fourth-order valence-electron chi connectivity index (χ4n) is 2.91. The molecule has 1 aromatic carbocycles. The molecule has 0 atom stereocenters. The molecular formula is C15H21N3O3. The SMILES string of the molecule is Nc1ccc(NC(=O)CN2CCCC3(C2)OCCO3)cc1. The number of ether oxygens (including phenoxy) is 2. The fraction of sp³-hybridized carbons (Fsp3) is 0.533. The number of carbonyl (C=O) groups is 1. The van der Waals surface area contributed by atoms with Crippen LogP contribution in [0.1, 0.15) is 12.8 Å². The van der Waals surface area contributed by atoms with Gasteiger partial charge in [-0.15, -0.1) is 0 Å². The Balaban J connectivity index is 1.53. The molecule has 2 saturated heterocycles. The van der Waals surface area contributed by atoms with Crippen LogP contribution in [0.15, 0.2) is 24.3 Å². The molecule has 3 rings (SSSR count). The average Bonchev–Trinajstić information content (AvgIpc) is 2.89. The summed E-state index contributed by atoms with van der Waals surface area (Å²) in [7, 11) is 0. The van der Waals surface area contributed by atoms with Crippen LogP contribution in [0.2, 0.25) is 0 Å². The van der Waals surface area contributed by atoms with Gasteiger partial charge in [-0.1, -0.05) is 0 Å². The van der Waals surface area contributed by atoms with Gasteiger partial charge in [-0.05, 0) is 37.2 Å². The third-order valence-electron chi connectivity index (χ3n) is 3.87. The highest BCUT2D eigenvalue weighted by Gasteiger charge is 2.40. The Kier molecular flexibility index (Phi) is 4.10. The molecule has 2 fully saturated rings. The summed E-state index contributed by atoms with van der Waals surface area (Å²) in [4.78, 5) is 14.2. The Morgan fingerprint density at radius 3 is 2.71 bits per heavy atom. The van der Waals surface area contributed by atoms with E-state index in [2.05, 4.69) is 10.2 Å². The Labute approximate surface area is 124 Å². The van der Waals surface area contributed by atoms with Crippen molar-refractivity contribution in [2.45, 2.75) is 18.6 Å². The van der Waals surface area contributed by atoms with Gasteiger partial charge in [-0.25, -0.2) is 0 Å². The van der Waals surface area contributed by atoms with Gasteiger partial charge < -0.3 is 20.5 Å². The summed E-state index contributed by atoms with van der Waals surface area (Å²) in [6.45, 7) is 3.18. The molecule has 0 aliphatic carbocycles. The van der Waals surface area contributed by atoms with Crippen molar-refractivity contribution < 1.29 is 14.3 Å². The molecule has 2 heterocycles. The quantitative estimate of drug-likeness (QED) is 0.814. The zero-order valence-electron chi connectivity index (χ0n) is 12.0. The van der Waals surface area contributed by atoms with Gasteiger partial charge in [0.25, 0.3) is 0 Å². The van der Waals surface area contributed by atoms with Gasteiger partial charge in [0.2, 0.25) is 5.91 Å². The van der Waals surface area contributed by atoms with E-state index in [0.29, 0.717) is 32.0 Å². The zero-order chi connectivity index (χ0) is 14.7. The minimum absolute atomic E-state index is 0.0326. The standard InChI is InChI=1S/C15H21N3O3/c16-12-2-4-13(5-3-12)17-14(19)10-18-7-1-6-15(11-18)20-8-9-21-15/h2-5H,1,6-11,16H2,(H,17,19). The number of hydrogen-bond donors (Lipinski definition) is 2. The number of hydrogen-bond acceptors (Lipinski definition) is 5. The molecular weight excluding hydrogens is 270 g/mol. The normalized spacial score (nSPS) is 21.5. The lowest BCUT2D eigenvalue weighted by molar-refractivity contribution is -0.189. The van der Waals surface area contributed by atoms with Gasteiger partial charge in [-0.2, -0.15) is 0 Å². The topological polar surface area (TPSA) is 76.8 Å². The van der Waals surface area contributed by atoms with Crippen LogP contribution in [0.3, 0.4) is 0 Å². The Bertz CT molecular complexity index is 497. The van der Waals surface area contributed by atoms with Crippen molar-refractivity contribution in [3.05, 3.63) is 24.3 Å². The van der Waals surface area contributed by atoms with Crippen molar-refractivity contribution in [1.29, 1.82) is 0 Å². The summed E-state index contributed by atoms with van der Waals surface area (Å²) in [6.07, 6.45) is 1.89. The highest BCUT2D eigenvalue weighted by atomic mass is 16.7. The highest BCUT2D eigenvalue weighted by molar-refractivity contribution is 5.92. The monoisotopic (exact) mass is 291 g/mol. The molecule has 3 N–H and O–H groups in total. The maximum Gasteiger partial charge on any atom is 0.238 e. The number of amides is 1. The van der Waals surface area contributed by atoms with E-state index in [4.69, 9.17) is 15.2 Å². The molecule has 21 heavy (non-hydrogen) atoms. The van der Waals surface area contributed by atoms with Crippen LogP contribution in [-0.2, 0) is 14.3 Å². The second kappa shape index (κ2) is 6.01. The van der Waals surface area contributed by atoms with Gasteiger partial charge in [0.15, 0.2) is 5.79 Å². The van der Waals surface area contributed by atoms with Crippen LogP contribution < -0.4 is 11.1 Å². The number of nitrogen functional groups attached to an aromatic ring is 1. The molecule has 0 radical (unpaired) electrons. The van der Waals surface area contributed by atoms with Crippen molar-refractivity contribution in [2.75, 3.05) is 43.9 Å². The van der Waals surface area contributed by atoms with E-state index in [9.17, 15) is 4.79 Å². The molecule has 6 heteroatoms. The van der Waals surface area contributed by atoms with Gasteiger partial charge >= 0.3 is 0 Å². The Hall–Kier alpha value is -1.63. The molecule has 1 aromatic rings. The maximum atomic E-state index is 12.1. The number of carbonyl (C=O) groups excluding carboxylic acids is 1. The van der Waals surface area contributed by atoms with Crippen molar-refractivity contribution in [3.8, 4) is 0 Å². The van der Waals surface area contributed by atoms with Crippen LogP contribution in [0, 0.1) is 0 Å². The van der Waals surface area contributed by atoms with Crippen LogP contribution >= 0.6 is 0 Å². The number of piperidine rings is 1. The second-order valence-electron chi connectivity index (χ2n) is 5.59. The first-order valence-electron chi connectivity index (χ1n) is 7.31. The predicted octanol–water partition coefficient (Wildman–Crippen LogP) is 1.05. The minimum Gasteiger partial charge on any atom is -0.399 e. The number of likely N-dealkylation sites (tertiary alicyclic amines) is 1. The van der Waals surface area contributed by atoms with Crippen molar-refractivity contribution in [1.82, 2.24) is 4.90 Å². The van der Waals surface area contributed by atoms with Gasteiger partial charge in [0, 0.05) is 17.8 Å². The first-order chi connectivity index (χ1) is 10.2. The van der Waals surface area contributed by atoms with E-state index in [0.717, 1.165) is 25.1 Å². The van der Waals surface area contributed by atoms with Crippen molar-refractivity contribution in [3.63, 3.8) is 0 Å². The lowest BCUT2D eigenvalue weighted by Gasteiger charge is -2.38. The van der Waals surface area contributed by atoms with Crippen LogP contribution in [0.5, 0.6) is 0 Å². The molecule has 2 aliphatic rings. The number of benzene rings is 1. The first kappa shape index (κ1) is 14.3. The largest absolute Gasteiger partial charge is 0.399 e. The summed E-state index contributed by atoms with van der Waals surface area (Å²) in [5.74, 6) is -0.519. The summed E-state index contributed by atoms with van der Waals surface area (Å²) < 4.78 is 11.4. The Morgan fingerprint density at radius 1 is 1.29 bits per heavy atom. The molecule has 0 unspecified atom stereocenters. The summed E-state index contributed by atoms with van der Waals surface area (Å²) in [6, 6.07) is 7.14. The molecule has 1 spiro atoms. The average molecular weight is 291 g/mol. The van der Waals surface area contributed by atoms with E-state index in [1.807, 2.05) is 0 Å². The lowest BCUT2D eigenvalue weighted by atomic mass is 10.0. The molecule has 1 amide bonds. The summed E-state index contributed by atoms with van der Waals surface area (Å²) >= 11 is 0. The second-order valence-corrected chi connectivity index (χ2v) is 5.59. The van der Waals surface area contributed by atoms with E-state index in [1.54, 1.807) is 24.3 Å². The molecule has 0 saturated carbocycles. The number of nitrogens with one attached hydrogen (secondary N) is 1. The third kappa shape index (κ3) is 3.53. The highest BCUT2D eigenvalue weighted by Crippen LogP contribution is 2.29. The van der Waals surface area contributed by atoms with Crippen LogP contribution in [-0.4, -0.2) is 49.4 Å². The number of nitrogens with two attached hydrogens (primary N) is 1. The minimum atomic E-state index is -0.486. The van der Waals surface area contributed by atoms with E-state index < -0.39 is 5.79 Å². The van der Waals surface area contributed by atoms with Gasteiger partial charge in [0.05, 0.1) is 26.3 Å². The number of anilines is 2. The number of nitrogens with zero attached hydrogens (tertiary/aromatic N) is 1. The van der Waals surface area contributed by atoms with Gasteiger partial charge in [-0.3, -0.25) is 9.69 Å². The molecule has 114 valence electrons. The van der Waals surface area contributed by atoms with E-state index in [-0.39, 0.29) is 5.91 Å². The third-order valence-corrected chi connectivity index (χ3v) is 3.87. The van der Waals surface area contributed by atoms with E-state index >= 15 is 0 Å². The molecule has 0 bridgehead atoms. The van der Waals surface area contributed by atoms with Crippen molar-refractivity contribution in [2.24, 2.45) is 0 Å². The lowest BCUT2D eigenvalue weighted by Crippen LogP contribution is -2.50. The maximum absolute atomic E-state index is 12.1. The van der Waals surface area contributed by atoms with E-state index in [1.165, 1.54) is 0 Å². The van der Waals surface area contributed by atoms with Crippen LogP contribution in [0.4, 0.5) is 11.4 Å². The van der Waals surface area contributed by atoms with Crippen LogP contribution in [0.25, 0.3) is 0 Å². The fourth-order valence-corrected chi connectivity index (χ4v) is 2.91. The zero-order valence-corrected chi connectivity index (χ0v) is 12.0. The molecule has 2 aliphatic heterocycles. The summed E-state index contributed by atoms with van der Waals surface area (Å²) in [5.41, 5.74) is 7.07. The smallest absolute Gasteiger partial charge is 0.238 e. The summed E-state index contributed by atoms with van der Waals surface area (Å²) in [5, 5.41) is 2.88.